The van der Waals surface area contributed by atoms with E-state index in [0.29, 0.717) is 12.3 Å². The van der Waals surface area contributed by atoms with Gasteiger partial charge in [-0.15, -0.1) is 11.8 Å². The molecule has 0 saturated carbocycles. The van der Waals surface area contributed by atoms with Crippen molar-refractivity contribution < 1.29 is 19.0 Å². The summed E-state index contributed by atoms with van der Waals surface area (Å²) >= 11 is 3.26. The Morgan fingerprint density at radius 3 is 2.88 bits per heavy atom. The zero-order valence-electron chi connectivity index (χ0n) is 18.4. The summed E-state index contributed by atoms with van der Waals surface area (Å²) in [5.41, 5.74) is 1.80. The Kier molecular flexibility index (Phi) is 6.82. The zero-order chi connectivity index (χ0) is 22.6. The molecule has 33 heavy (non-hydrogen) atoms. The minimum Gasteiger partial charge on any atom is -0.454 e. The molecule has 1 amide bonds. The van der Waals surface area contributed by atoms with Gasteiger partial charge in [0, 0.05) is 37.2 Å². The molecule has 0 N–H and O–H groups in total. The maximum Gasteiger partial charge on any atom is 0.252 e. The minimum atomic E-state index is -0.0925. The summed E-state index contributed by atoms with van der Waals surface area (Å²) in [7, 11) is 0. The number of fused-ring (bicyclic) bond motifs is 2. The molecule has 2 aliphatic heterocycles. The molecule has 3 heterocycles. The summed E-state index contributed by atoms with van der Waals surface area (Å²) in [4.78, 5) is 23.4. The van der Waals surface area contributed by atoms with Gasteiger partial charge in [0.2, 0.25) is 6.79 Å². The molecular formula is C24H25N3O4S2. The zero-order valence-corrected chi connectivity index (χ0v) is 20.0. The monoisotopic (exact) mass is 483 g/mol. The van der Waals surface area contributed by atoms with Crippen LogP contribution in [0.1, 0.15) is 5.56 Å². The number of hydrogen-bond acceptors (Lipinski definition) is 8. The van der Waals surface area contributed by atoms with Crippen molar-refractivity contribution in [2.24, 2.45) is 0 Å². The molecule has 3 aromatic rings. The van der Waals surface area contributed by atoms with Crippen molar-refractivity contribution >= 4 is 50.4 Å². The largest absolute Gasteiger partial charge is 0.454 e. The van der Waals surface area contributed by atoms with E-state index in [4.69, 9.17) is 19.2 Å². The van der Waals surface area contributed by atoms with Gasteiger partial charge in [0.05, 0.1) is 23.4 Å². The maximum absolute atomic E-state index is 13.3. The van der Waals surface area contributed by atoms with E-state index in [1.54, 1.807) is 34.1 Å². The summed E-state index contributed by atoms with van der Waals surface area (Å²) in [6, 6.07) is 11.9. The number of aromatic nitrogens is 1. The summed E-state index contributed by atoms with van der Waals surface area (Å²) in [6.45, 7) is 4.80. The van der Waals surface area contributed by atoms with E-state index < -0.39 is 0 Å². The van der Waals surface area contributed by atoms with Gasteiger partial charge in [0.15, 0.2) is 16.6 Å². The van der Waals surface area contributed by atoms with Gasteiger partial charge in [-0.1, -0.05) is 17.4 Å². The smallest absolute Gasteiger partial charge is 0.252 e. The molecule has 0 aliphatic carbocycles. The Balaban J connectivity index is 1.38. The first-order chi connectivity index (χ1) is 16.2. The number of nitrogens with zero attached hydrogens (tertiary/aromatic N) is 3. The number of thiazole rings is 1. The predicted octanol–water partition coefficient (Wildman–Crippen LogP) is 4.13. The van der Waals surface area contributed by atoms with E-state index in [-0.39, 0.29) is 12.7 Å². The third-order valence-corrected chi connectivity index (χ3v) is 7.41. The fourth-order valence-corrected chi connectivity index (χ4v) is 5.33. The first-order valence-corrected chi connectivity index (χ1v) is 12.9. The third-order valence-electron chi connectivity index (χ3n) is 5.64. The van der Waals surface area contributed by atoms with Crippen LogP contribution in [0.3, 0.4) is 0 Å². The van der Waals surface area contributed by atoms with Gasteiger partial charge in [-0.25, -0.2) is 4.98 Å². The number of morpholine rings is 1. The Hall–Kier alpha value is -2.59. The highest BCUT2D eigenvalue weighted by molar-refractivity contribution is 7.98. The van der Waals surface area contributed by atoms with E-state index >= 15 is 0 Å². The molecule has 5 rings (SSSR count). The number of anilines is 1. The van der Waals surface area contributed by atoms with Gasteiger partial charge in [-0.3, -0.25) is 14.6 Å². The first kappa shape index (κ1) is 22.2. The number of benzene rings is 2. The summed E-state index contributed by atoms with van der Waals surface area (Å²) < 4.78 is 17.3. The molecule has 2 aliphatic rings. The van der Waals surface area contributed by atoms with Crippen molar-refractivity contribution in [3.63, 3.8) is 0 Å². The molecule has 2 aromatic carbocycles. The topological polar surface area (TPSA) is 64.1 Å². The van der Waals surface area contributed by atoms with Crippen molar-refractivity contribution in [2.45, 2.75) is 4.90 Å². The molecule has 1 aromatic heterocycles. The molecule has 0 atom stereocenters. The number of rotatable bonds is 7. The molecule has 0 radical (unpaired) electrons. The molecule has 0 spiro atoms. The number of amides is 1. The second-order valence-electron chi connectivity index (χ2n) is 7.72. The number of thioether (sulfide) groups is 1. The van der Waals surface area contributed by atoms with Crippen LogP contribution < -0.4 is 14.4 Å². The molecule has 9 heteroatoms. The lowest BCUT2D eigenvalue weighted by atomic mass is 10.2. The van der Waals surface area contributed by atoms with Crippen LogP contribution in [0.2, 0.25) is 0 Å². The van der Waals surface area contributed by atoms with Crippen molar-refractivity contribution in [1.82, 2.24) is 9.88 Å². The highest BCUT2D eigenvalue weighted by Gasteiger charge is 2.20. The van der Waals surface area contributed by atoms with E-state index in [2.05, 4.69) is 23.3 Å². The van der Waals surface area contributed by atoms with E-state index in [1.807, 2.05) is 30.3 Å². The van der Waals surface area contributed by atoms with Crippen LogP contribution in [-0.2, 0) is 9.53 Å². The quantitative estimate of drug-likeness (QED) is 0.370. The number of hydrogen-bond donors (Lipinski definition) is 0. The maximum atomic E-state index is 13.3. The average molecular weight is 484 g/mol. The Morgan fingerprint density at radius 2 is 2.03 bits per heavy atom. The van der Waals surface area contributed by atoms with Gasteiger partial charge >= 0.3 is 0 Å². The molecule has 7 nitrogen and oxygen atoms in total. The normalized spacial score (nSPS) is 16.0. The molecule has 172 valence electrons. The van der Waals surface area contributed by atoms with Crippen LogP contribution in [-0.4, -0.2) is 68.2 Å². The predicted molar refractivity (Wildman–Crippen MR) is 133 cm³/mol. The molecule has 1 fully saturated rings. The summed E-state index contributed by atoms with van der Waals surface area (Å²) in [5, 5.41) is 0.719. The number of ether oxygens (including phenoxy) is 3. The Labute approximate surface area is 200 Å². The van der Waals surface area contributed by atoms with Crippen LogP contribution in [0.5, 0.6) is 11.5 Å². The fourth-order valence-electron chi connectivity index (χ4n) is 3.78. The second kappa shape index (κ2) is 10.1. The van der Waals surface area contributed by atoms with E-state index in [0.717, 1.165) is 59.5 Å². The van der Waals surface area contributed by atoms with Gasteiger partial charge in [-0.2, -0.15) is 0 Å². The molecule has 1 saturated heterocycles. The van der Waals surface area contributed by atoms with Crippen LogP contribution in [0.4, 0.5) is 5.13 Å². The number of carbonyl (C=O) groups excluding carboxylic acids is 1. The average Bonchev–Trinajstić information content (AvgIpc) is 3.49. The van der Waals surface area contributed by atoms with Gasteiger partial charge in [0.25, 0.3) is 5.91 Å². The molecule has 0 bridgehead atoms. The van der Waals surface area contributed by atoms with Crippen molar-refractivity contribution in [3.8, 4) is 11.5 Å². The van der Waals surface area contributed by atoms with Crippen molar-refractivity contribution in [3.05, 3.63) is 48.0 Å². The summed E-state index contributed by atoms with van der Waals surface area (Å²) in [6.07, 6.45) is 5.48. The number of carbonyl (C=O) groups is 1. The molecular weight excluding hydrogens is 458 g/mol. The van der Waals surface area contributed by atoms with Crippen molar-refractivity contribution in [2.75, 3.05) is 57.3 Å². The van der Waals surface area contributed by atoms with Crippen LogP contribution in [0, 0.1) is 0 Å². The minimum absolute atomic E-state index is 0.0925. The lowest BCUT2D eigenvalue weighted by Gasteiger charge is -2.28. The lowest BCUT2D eigenvalue weighted by Crippen LogP contribution is -2.42. The van der Waals surface area contributed by atoms with E-state index in [1.165, 1.54) is 4.90 Å². The highest BCUT2D eigenvalue weighted by Crippen LogP contribution is 2.34. The second-order valence-corrected chi connectivity index (χ2v) is 9.61. The van der Waals surface area contributed by atoms with Gasteiger partial charge in [0.1, 0.15) is 0 Å². The fraction of sp³-hybridized carbons (Fsp3) is 0.333. The standard InChI is InChI=1S/C24H25N3O4S2/c1-32-18-4-5-19-22(15-18)33-24(25-19)27(9-8-26-10-12-29-13-11-26)23(28)7-3-17-2-6-20-21(14-17)31-16-30-20/h2-7,14-15H,8-13,16H2,1H3. The summed E-state index contributed by atoms with van der Waals surface area (Å²) in [5.74, 6) is 1.33. The Morgan fingerprint density at radius 1 is 1.18 bits per heavy atom. The van der Waals surface area contributed by atoms with Crippen LogP contribution in [0.15, 0.2) is 47.4 Å². The van der Waals surface area contributed by atoms with Gasteiger partial charge < -0.3 is 14.2 Å². The SMILES string of the molecule is CSc1ccc2nc(N(CCN3CCOCC3)C(=O)C=Cc3ccc4c(c3)OCO4)sc2c1. The Bertz CT molecular complexity index is 1170. The van der Waals surface area contributed by atoms with E-state index in [9.17, 15) is 4.79 Å². The van der Waals surface area contributed by atoms with Crippen molar-refractivity contribution in [1.29, 1.82) is 0 Å². The lowest BCUT2D eigenvalue weighted by molar-refractivity contribution is -0.114. The van der Waals surface area contributed by atoms with Gasteiger partial charge in [-0.05, 0) is 48.2 Å². The third kappa shape index (κ3) is 5.16. The molecule has 0 unspecified atom stereocenters. The van der Waals surface area contributed by atoms with Crippen LogP contribution >= 0.6 is 23.1 Å². The van der Waals surface area contributed by atoms with Crippen LogP contribution in [0.25, 0.3) is 16.3 Å². The first-order valence-electron chi connectivity index (χ1n) is 10.8. The highest BCUT2D eigenvalue weighted by atomic mass is 32.2.